The Bertz CT molecular complexity index is 761. The summed E-state index contributed by atoms with van der Waals surface area (Å²) in [5.74, 6) is 1.85. The van der Waals surface area contributed by atoms with Crippen molar-refractivity contribution in [2.24, 2.45) is 4.99 Å². The van der Waals surface area contributed by atoms with Gasteiger partial charge in [-0.2, -0.15) is 0 Å². The summed E-state index contributed by atoms with van der Waals surface area (Å²) in [6.07, 6.45) is 5.59. The van der Waals surface area contributed by atoms with E-state index in [4.69, 9.17) is 14.1 Å². The molecule has 3 rings (SSSR count). The SMILES string of the molecule is CCNC(=NCc1ccc(NCCOC)cc1)NCC(c1ccco1)N1CCCCC1.I. The molecule has 0 bridgehead atoms. The molecule has 0 saturated carbocycles. The van der Waals surface area contributed by atoms with E-state index in [1.807, 2.05) is 6.07 Å². The van der Waals surface area contributed by atoms with Crippen molar-refractivity contribution in [3.63, 3.8) is 0 Å². The summed E-state index contributed by atoms with van der Waals surface area (Å²) in [5.41, 5.74) is 2.27. The van der Waals surface area contributed by atoms with Gasteiger partial charge >= 0.3 is 0 Å². The van der Waals surface area contributed by atoms with Crippen LogP contribution in [0.2, 0.25) is 0 Å². The first-order valence-corrected chi connectivity index (χ1v) is 11.4. The average molecular weight is 556 g/mol. The van der Waals surface area contributed by atoms with Crippen LogP contribution in [0.4, 0.5) is 5.69 Å². The number of nitrogens with one attached hydrogen (secondary N) is 3. The van der Waals surface area contributed by atoms with Gasteiger partial charge in [-0.3, -0.25) is 4.90 Å². The van der Waals surface area contributed by atoms with E-state index in [0.29, 0.717) is 13.2 Å². The number of nitrogens with zero attached hydrogens (tertiary/aromatic N) is 2. The summed E-state index contributed by atoms with van der Waals surface area (Å²) in [6, 6.07) is 12.7. The van der Waals surface area contributed by atoms with Crippen molar-refractivity contribution in [2.75, 3.05) is 51.8 Å². The zero-order valence-corrected chi connectivity index (χ0v) is 21.6. The van der Waals surface area contributed by atoms with Gasteiger partial charge in [0.05, 0.1) is 25.5 Å². The highest BCUT2D eigenvalue weighted by Gasteiger charge is 2.24. The minimum absolute atomic E-state index is 0. The number of likely N-dealkylation sites (tertiary alicyclic amines) is 1. The fraction of sp³-hybridized carbons (Fsp3) is 0.542. The predicted molar refractivity (Wildman–Crippen MR) is 142 cm³/mol. The summed E-state index contributed by atoms with van der Waals surface area (Å²) < 4.78 is 10.8. The molecule has 0 radical (unpaired) electrons. The Labute approximate surface area is 209 Å². The normalized spacial score (nSPS) is 15.6. The number of halogens is 1. The summed E-state index contributed by atoms with van der Waals surface area (Å²) in [4.78, 5) is 7.31. The minimum Gasteiger partial charge on any atom is -0.468 e. The smallest absolute Gasteiger partial charge is 0.191 e. The minimum atomic E-state index is 0. The number of guanidine groups is 1. The van der Waals surface area contributed by atoms with Crippen LogP contribution < -0.4 is 16.0 Å². The van der Waals surface area contributed by atoms with Crippen molar-refractivity contribution in [1.29, 1.82) is 0 Å². The largest absolute Gasteiger partial charge is 0.468 e. The zero-order valence-electron chi connectivity index (χ0n) is 19.3. The molecule has 178 valence electrons. The standard InChI is InChI=1S/C24H37N5O2.HI/c1-3-25-24(27-18-20-9-11-21(12-10-20)26-13-17-30-2)28-19-22(23-8-7-16-31-23)29-14-5-4-6-15-29;/h7-12,16,22,26H,3-6,13-15,17-19H2,1-2H3,(H2,25,27,28);1H. The lowest BCUT2D eigenvalue weighted by Crippen LogP contribution is -2.44. The van der Waals surface area contributed by atoms with E-state index in [-0.39, 0.29) is 30.0 Å². The molecular formula is C24H38IN5O2. The molecule has 3 N–H and O–H groups in total. The summed E-state index contributed by atoms with van der Waals surface area (Å²) >= 11 is 0. The van der Waals surface area contributed by atoms with E-state index in [2.05, 4.69) is 58.1 Å². The predicted octanol–water partition coefficient (Wildman–Crippen LogP) is 4.24. The van der Waals surface area contributed by atoms with E-state index in [0.717, 1.165) is 50.1 Å². The second-order valence-electron chi connectivity index (χ2n) is 7.82. The summed E-state index contributed by atoms with van der Waals surface area (Å²) in [5, 5.41) is 10.2. The average Bonchev–Trinajstić information content (AvgIpc) is 3.34. The molecule has 7 nitrogen and oxygen atoms in total. The van der Waals surface area contributed by atoms with Gasteiger partial charge in [-0.05, 0) is 62.7 Å². The van der Waals surface area contributed by atoms with Crippen LogP contribution in [0.15, 0.2) is 52.1 Å². The van der Waals surface area contributed by atoms with Crippen LogP contribution >= 0.6 is 24.0 Å². The van der Waals surface area contributed by atoms with Crippen molar-refractivity contribution in [3.05, 3.63) is 54.0 Å². The molecule has 1 saturated heterocycles. The Kier molecular flexibility index (Phi) is 12.5. The van der Waals surface area contributed by atoms with Crippen molar-refractivity contribution in [3.8, 4) is 0 Å². The van der Waals surface area contributed by atoms with Gasteiger partial charge in [0.2, 0.25) is 0 Å². The van der Waals surface area contributed by atoms with Crippen LogP contribution in [0.5, 0.6) is 0 Å². The Morgan fingerprint density at radius 2 is 1.91 bits per heavy atom. The molecule has 32 heavy (non-hydrogen) atoms. The quantitative estimate of drug-likeness (QED) is 0.167. The monoisotopic (exact) mass is 555 g/mol. The summed E-state index contributed by atoms with van der Waals surface area (Å²) in [6.45, 7) is 8.04. The molecule has 1 unspecified atom stereocenters. The number of anilines is 1. The third-order valence-corrected chi connectivity index (χ3v) is 5.52. The first-order chi connectivity index (χ1) is 15.3. The molecule has 1 aliphatic rings. The Morgan fingerprint density at radius 1 is 1.12 bits per heavy atom. The number of rotatable bonds is 11. The van der Waals surface area contributed by atoms with E-state index in [1.165, 1.54) is 24.8 Å². The van der Waals surface area contributed by atoms with Crippen LogP contribution in [-0.4, -0.2) is 57.3 Å². The molecule has 0 aliphatic carbocycles. The number of ether oxygens (including phenoxy) is 1. The van der Waals surface area contributed by atoms with Gasteiger partial charge in [0.15, 0.2) is 5.96 Å². The van der Waals surface area contributed by atoms with Crippen molar-refractivity contribution in [1.82, 2.24) is 15.5 Å². The Balaban J connectivity index is 0.00000363. The van der Waals surface area contributed by atoms with Gasteiger partial charge < -0.3 is 25.1 Å². The van der Waals surface area contributed by atoms with Crippen LogP contribution in [0.1, 0.15) is 43.6 Å². The molecule has 1 aromatic heterocycles. The molecule has 2 heterocycles. The fourth-order valence-electron chi connectivity index (χ4n) is 3.85. The topological polar surface area (TPSA) is 74.1 Å². The maximum atomic E-state index is 5.76. The van der Waals surface area contributed by atoms with Crippen LogP contribution in [0, 0.1) is 0 Å². The third-order valence-electron chi connectivity index (χ3n) is 5.52. The molecule has 8 heteroatoms. The van der Waals surface area contributed by atoms with Crippen LogP contribution in [-0.2, 0) is 11.3 Å². The molecule has 2 aromatic rings. The molecule has 0 amide bonds. The maximum Gasteiger partial charge on any atom is 0.191 e. The Hall–Kier alpha value is -1.78. The number of benzene rings is 1. The number of aliphatic imine (C=N–C) groups is 1. The van der Waals surface area contributed by atoms with Crippen molar-refractivity contribution < 1.29 is 9.15 Å². The van der Waals surface area contributed by atoms with E-state index in [1.54, 1.807) is 13.4 Å². The van der Waals surface area contributed by atoms with E-state index >= 15 is 0 Å². The van der Waals surface area contributed by atoms with Gasteiger partial charge in [0, 0.05) is 32.4 Å². The summed E-state index contributed by atoms with van der Waals surface area (Å²) in [7, 11) is 1.71. The molecule has 1 atom stereocenters. The highest BCUT2D eigenvalue weighted by Crippen LogP contribution is 2.24. The zero-order chi connectivity index (χ0) is 21.7. The first-order valence-electron chi connectivity index (χ1n) is 11.4. The Morgan fingerprint density at radius 3 is 2.56 bits per heavy atom. The number of furan rings is 1. The second kappa shape index (κ2) is 15.1. The molecule has 1 aliphatic heterocycles. The maximum absolute atomic E-state index is 5.76. The number of hydrogen-bond donors (Lipinski definition) is 3. The lowest BCUT2D eigenvalue weighted by molar-refractivity contribution is 0.146. The fourth-order valence-corrected chi connectivity index (χ4v) is 3.85. The van der Waals surface area contributed by atoms with Crippen molar-refractivity contribution in [2.45, 2.75) is 38.8 Å². The molecule has 1 aromatic carbocycles. The highest BCUT2D eigenvalue weighted by molar-refractivity contribution is 14.0. The van der Waals surface area contributed by atoms with Crippen LogP contribution in [0.25, 0.3) is 0 Å². The van der Waals surface area contributed by atoms with E-state index in [9.17, 15) is 0 Å². The van der Waals surface area contributed by atoms with Crippen molar-refractivity contribution >= 4 is 35.6 Å². The molecule has 0 spiro atoms. The lowest BCUT2D eigenvalue weighted by Gasteiger charge is -2.33. The molecule has 1 fully saturated rings. The first kappa shape index (κ1) is 26.5. The molecular weight excluding hydrogens is 517 g/mol. The van der Waals surface area contributed by atoms with Gasteiger partial charge in [-0.25, -0.2) is 4.99 Å². The third kappa shape index (κ3) is 8.63. The number of methoxy groups -OCH3 is 1. The van der Waals surface area contributed by atoms with E-state index < -0.39 is 0 Å². The number of piperidine rings is 1. The number of hydrogen-bond acceptors (Lipinski definition) is 5. The highest BCUT2D eigenvalue weighted by atomic mass is 127. The van der Waals surface area contributed by atoms with Gasteiger partial charge in [-0.1, -0.05) is 18.6 Å². The lowest BCUT2D eigenvalue weighted by atomic mass is 10.1. The van der Waals surface area contributed by atoms with Gasteiger partial charge in [0.25, 0.3) is 0 Å². The van der Waals surface area contributed by atoms with Gasteiger partial charge in [-0.15, -0.1) is 24.0 Å². The van der Waals surface area contributed by atoms with Crippen LogP contribution in [0.3, 0.4) is 0 Å². The second-order valence-corrected chi connectivity index (χ2v) is 7.82. The van der Waals surface area contributed by atoms with Gasteiger partial charge in [0.1, 0.15) is 5.76 Å².